The molecule has 2 nitrogen and oxygen atoms in total. The van der Waals surface area contributed by atoms with E-state index in [-0.39, 0.29) is 0 Å². The van der Waals surface area contributed by atoms with Gasteiger partial charge >= 0.3 is 0 Å². The van der Waals surface area contributed by atoms with E-state index in [9.17, 15) is 0 Å². The minimum atomic E-state index is 0.352. The molecule has 16 heavy (non-hydrogen) atoms. The molecule has 0 aromatic rings. The van der Waals surface area contributed by atoms with Crippen molar-refractivity contribution in [2.75, 3.05) is 43.4 Å². The van der Waals surface area contributed by atoms with Gasteiger partial charge in [0.25, 0.3) is 0 Å². The predicted octanol–water partition coefficient (Wildman–Crippen LogP) is 1.91. The van der Waals surface area contributed by atoms with E-state index in [1.807, 2.05) is 0 Å². The summed E-state index contributed by atoms with van der Waals surface area (Å²) < 4.78 is 0. The number of hydrogen-bond acceptors (Lipinski definition) is 4. The van der Waals surface area contributed by atoms with Crippen LogP contribution in [0.25, 0.3) is 0 Å². The molecule has 4 heteroatoms. The van der Waals surface area contributed by atoms with Gasteiger partial charge in [-0.05, 0) is 13.3 Å². The van der Waals surface area contributed by atoms with Crippen molar-refractivity contribution in [2.45, 2.75) is 31.1 Å². The summed E-state index contributed by atoms with van der Waals surface area (Å²) in [6, 6.07) is 0. The molecule has 94 valence electrons. The van der Waals surface area contributed by atoms with Crippen LogP contribution in [0, 0.1) is 0 Å². The van der Waals surface area contributed by atoms with Crippen LogP contribution >= 0.6 is 23.5 Å². The minimum Gasteiger partial charge on any atom is -0.309 e. The zero-order valence-corrected chi connectivity index (χ0v) is 12.1. The van der Waals surface area contributed by atoms with E-state index in [2.05, 4.69) is 47.6 Å². The van der Waals surface area contributed by atoms with Crippen LogP contribution in [0.15, 0.2) is 0 Å². The van der Waals surface area contributed by atoms with Crippen molar-refractivity contribution in [3.63, 3.8) is 0 Å². The van der Waals surface area contributed by atoms with Crippen LogP contribution in [-0.2, 0) is 0 Å². The molecule has 0 saturated carbocycles. The van der Waals surface area contributed by atoms with Crippen molar-refractivity contribution in [2.24, 2.45) is 0 Å². The van der Waals surface area contributed by atoms with Gasteiger partial charge in [0.05, 0.1) is 0 Å². The minimum absolute atomic E-state index is 0.352. The maximum absolute atomic E-state index is 3.66. The van der Waals surface area contributed by atoms with E-state index in [0.717, 1.165) is 11.8 Å². The fourth-order valence-electron chi connectivity index (χ4n) is 2.47. The first-order valence-corrected chi connectivity index (χ1v) is 8.59. The monoisotopic (exact) mass is 260 g/mol. The molecular formula is C12H24N2S2. The lowest BCUT2D eigenvalue weighted by Crippen LogP contribution is -2.59. The second kappa shape index (κ2) is 5.98. The Morgan fingerprint density at radius 2 is 2.31 bits per heavy atom. The fourth-order valence-corrected chi connectivity index (χ4v) is 5.18. The zero-order chi connectivity index (χ0) is 11.4. The number of rotatable bonds is 3. The largest absolute Gasteiger partial charge is 0.309 e. The molecule has 0 aromatic heterocycles. The first-order chi connectivity index (χ1) is 7.72. The highest BCUT2D eigenvalue weighted by molar-refractivity contribution is 8.06. The van der Waals surface area contributed by atoms with Crippen molar-refractivity contribution >= 4 is 23.5 Å². The fraction of sp³-hybridized carbons (Fsp3) is 1.00. The highest BCUT2D eigenvalue weighted by Crippen LogP contribution is 2.25. The molecule has 2 aliphatic rings. The van der Waals surface area contributed by atoms with Gasteiger partial charge in [-0.1, -0.05) is 6.92 Å². The van der Waals surface area contributed by atoms with Crippen molar-refractivity contribution < 1.29 is 0 Å². The topological polar surface area (TPSA) is 15.3 Å². The summed E-state index contributed by atoms with van der Waals surface area (Å²) in [7, 11) is 0. The Balaban J connectivity index is 1.80. The smallest absolute Gasteiger partial charge is 0.0278 e. The normalized spacial score (nSPS) is 37.5. The summed E-state index contributed by atoms with van der Waals surface area (Å²) in [4.78, 5) is 2.67. The molecule has 0 bridgehead atoms. The Morgan fingerprint density at radius 3 is 3.00 bits per heavy atom. The Bertz CT molecular complexity index is 219. The zero-order valence-electron chi connectivity index (χ0n) is 10.5. The average molecular weight is 260 g/mol. The van der Waals surface area contributed by atoms with Crippen LogP contribution in [0.1, 0.15) is 20.3 Å². The standard InChI is InChI=1S/C12H24N2S2/c1-3-12(2)10-14(5-4-13-12)8-11-9-15-6-7-16-11/h11,13H,3-10H2,1-2H3. The van der Waals surface area contributed by atoms with Crippen molar-refractivity contribution in [1.29, 1.82) is 0 Å². The third kappa shape index (κ3) is 3.56. The van der Waals surface area contributed by atoms with E-state index >= 15 is 0 Å². The first kappa shape index (κ1) is 13.1. The summed E-state index contributed by atoms with van der Waals surface area (Å²) in [5.41, 5.74) is 0.352. The summed E-state index contributed by atoms with van der Waals surface area (Å²) in [6.45, 7) is 9.58. The van der Waals surface area contributed by atoms with Gasteiger partial charge in [0, 0.05) is 54.2 Å². The van der Waals surface area contributed by atoms with E-state index in [0.29, 0.717) is 5.54 Å². The lowest BCUT2D eigenvalue weighted by Gasteiger charge is -2.42. The van der Waals surface area contributed by atoms with Crippen molar-refractivity contribution in [3.05, 3.63) is 0 Å². The summed E-state index contributed by atoms with van der Waals surface area (Å²) in [6.07, 6.45) is 1.23. The maximum atomic E-state index is 3.66. The van der Waals surface area contributed by atoms with Gasteiger partial charge in [0.2, 0.25) is 0 Å². The molecule has 0 aliphatic carbocycles. The number of hydrogen-bond donors (Lipinski definition) is 1. The SMILES string of the molecule is CCC1(C)CN(CC2CSCCS2)CCN1. The molecule has 2 heterocycles. The van der Waals surface area contributed by atoms with Gasteiger partial charge in [-0.3, -0.25) is 4.90 Å². The molecule has 2 atom stereocenters. The molecule has 2 unspecified atom stereocenters. The number of nitrogens with one attached hydrogen (secondary N) is 1. The second-order valence-corrected chi connectivity index (χ2v) is 7.70. The molecule has 1 N–H and O–H groups in total. The number of thioether (sulfide) groups is 2. The molecule has 2 fully saturated rings. The van der Waals surface area contributed by atoms with Crippen LogP contribution in [0.2, 0.25) is 0 Å². The average Bonchev–Trinajstić information content (AvgIpc) is 2.30. The molecular weight excluding hydrogens is 236 g/mol. The maximum Gasteiger partial charge on any atom is 0.0278 e. The molecule has 0 spiro atoms. The molecule has 2 saturated heterocycles. The van der Waals surface area contributed by atoms with E-state index < -0.39 is 0 Å². The molecule has 2 rings (SSSR count). The van der Waals surface area contributed by atoms with Crippen LogP contribution in [0.4, 0.5) is 0 Å². The van der Waals surface area contributed by atoms with Gasteiger partial charge in [-0.2, -0.15) is 23.5 Å². The summed E-state index contributed by atoms with van der Waals surface area (Å²) in [5, 5.41) is 4.53. The Morgan fingerprint density at radius 1 is 1.44 bits per heavy atom. The van der Waals surface area contributed by atoms with Gasteiger partial charge in [-0.25, -0.2) is 0 Å². The second-order valence-electron chi connectivity index (χ2n) is 5.14. The van der Waals surface area contributed by atoms with E-state index in [1.165, 1.54) is 43.3 Å². The van der Waals surface area contributed by atoms with Crippen LogP contribution in [-0.4, -0.2) is 59.1 Å². The summed E-state index contributed by atoms with van der Waals surface area (Å²) >= 11 is 4.32. The highest BCUT2D eigenvalue weighted by Gasteiger charge is 2.30. The number of nitrogens with zero attached hydrogens (tertiary/aromatic N) is 1. The summed E-state index contributed by atoms with van der Waals surface area (Å²) in [5.74, 6) is 4.07. The van der Waals surface area contributed by atoms with Crippen LogP contribution in [0.3, 0.4) is 0 Å². The molecule has 0 aromatic carbocycles. The predicted molar refractivity (Wildman–Crippen MR) is 76.7 cm³/mol. The third-order valence-electron chi connectivity index (χ3n) is 3.68. The van der Waals surface area contributed by atoms with Gasteiger partial charge in [0.15, 0.2) is 0 Å². The lowest BCUT2D eigenvalue weighted by molar-refractivity contribution is 0.142. The molecule has 0 amide bonds. The Labute approximate surface area is 108 Å². The first-order valence-electron chi connectivity index (χ1n) is 6.38. The van der Waals surface area contributed by atoms with Crippen LogP contribution < -0.4 is 5.32 Å². The molecule has 2 aliphatic heterocycles. The molecule has 0 radical (unpaired) electrons. The quantitative estimate of drug-likeness (QED) is 0.833. The van der Waals surface area contributed by atoms with Gasteiger partial charge in [0.1, 0.15) is 0 Å². The van der Waals surface area contributed by atoms with E-state index in [1.54, 1.807) is 0 Å². The highest BCUT2D eigenvalue weighted by atomic mass is 32.2. The van der Waals surface area contributed by atoms with Crippen molar-refractivity contribution in [3.8, 4) is 0 Å². The van der Waals surface area contributed by atoms with Crippen molar-refractivity contribution in [1.82, 2.24) is 10.2 Å². The van der Waals surface area contributed by atoms with Crippen LogP contribution in [0.5, 0.6) is 0 Å². The Hall–Kier alpha value is 0.620. The third-order valence-corrected chi connectivity index (χ3v) is 6.51. The number of piperazine rings is 1. The lowest BCUT2D eigenvalue weighted by atomic mass is 9.96. The van der Waals surface area contributed by atoms with Gasteiger partial charge in [-0.15, -0.1) is 0 Å². The van der Waals surface area contributed by atoms with Gasteiger partial charge < -0.3 is 5.32 Å². The van der Waals surface area contributed by atoms with E-state index in [4.69, 9.17) is 0 Å². The Kier molecular flexibility index (Phi) is 4.89.